The molecule has 2 aromatic carbocycles. The van der Waals surface area contributed by atoms with Crippen LogP contribution in [0.5, 0.6) is 11.5 Å². The number of methoxy groups -OCH3 is 1. The molecular formula is C29H36N2O4. The van der Waals surface area contributed by atoms with Crippen molar-refractivity contribution in [3.63, 3.8) is 0 Å². The van der Waals surface area contributed by atoms with Crippen molar-refractivity contribution in [2.45, 2.75) is 71.3 Å². The number of imidazole rings is 1. The largest absolute Gasteiger partial charge is 0.497 e. The minimum absolute atomic E-state index is 0.119. The fourth-order valence-corrected chi connectivity index (χ4v) is 5.10. The van der Waals surface area contributed by atoms with Gasteiger partial charge < -0.3 is 19.1 Å². The monoisotopic (exact) mass is 476 g/mol. The van der Waals surface area contributed by atoms with Crippen molar-refractivity contribution in [1.82, 2.24) is 9.55 Å². The summed E-state index contributed by atoms with van der Waals surface area (Å²) < 4.78 is 13.8. The van der Waals surface area contributed by atoms with Crippen LogP contribution in [0.4, 0.5) is 0 Å². The number of fused-ring (bicyclic) bond motifs is 1. The van der Waals surface area contributed by atoms with Crippen LogP contribution in [0.1, 0.15) is 67.5 Å². The molecule has 186 valence electrons. The first kappa shape index (κ1) is 24.8. The van der Waals surface area contributed by atoms with Crippen LogP contribution in [0, 0.1) is 6.92 Å². The van der Waals surface area contributed by atoms with E-state index in [0.717, 1.165) is 66.4 Å². The molecule has 0 saturated carbocycles. The minimum atomic E-state index is -0.733. The molecule has 35 heavy (non-hydrogen) atoms. The number of benzene rings is 2. The van der Waals surface area contributed by atoms with Gasteiger partial charge in [0.05, 0.1) is 25.8 Å². The number of aromatic nitrogens is 2. The number of rotatable bonds is 12. The van der Waals surface area contributed by atoms with Crippen LogP contribution in [0.25, 0.3) is 11.4 Å². The Labute approximate surface area is 207 Å². The molecule has 1 atom stereocenters. The Kier molecular flexibility index (Phi) is 8.11. The summed E-state index contributed by atoms with van der Waals surface area (Å²) in [6.07, 6.45) is 6.27. The van der Waals surface area contributed by atoms with Crippen molar-refractivity contribution < 1.29 is 19.4 Å². The zero-order chi connectivity index (χ0) is 24.8. The van der Waals surface area contributed by atoms with Gasteiger partial charge in [0.1, 0.15) is 17.3 Å². The van der Waals surface area contributed by atoms with E-state index in [9.17, 15) is 4.79 Å². The fourth-order valence-electron chi connectivity index (χ4n) is 5.10. The second kappa shape index (κ2) is 11.4. The molecular weight excluding hydrogens is 440 g/mol. The molecule has 0 saturated heterocycles. The van der Waals surface area contributed by atoms with Crippen LogP contribution >= 0.6 is 0 Å². The van der Waals surface area contributed by atoms with Gasteiger partial charge in [-0.2, -0.15) is 0 Å². The number of ether oxygens (including phenoxy) is 2. The van der Waals surface area contributed by atoms with Crippen molar-refractivity contribution >= 4 is 5.97 Å². The van der Waals surface area contributed by atoms with Crippen LogP contribution in [-0.4, -0.2) is 34.3 Å². The number of hydrogen-bond donors (Lipinski definition) is 1. The summed E-state index contributed by atoms with van der Waals surface area (Å²) in [6.45, 7) is 5.81. The number of aryl methyl sites for hydroxylation is 2. The number of unbranched alkanes of at least 4 members (excludes halogenated alkanes) is 2. The lowest BCUT2D eigenvalue weighted by Gasteiger charge is -2.14. The third-order valence-electron chi connectivity index (χ3n) is 6.95. The standard InChI is InChI=1S/C29H36N2O4/c1-4-5-6-16-31-27(20(2)30-29(31)21-9-11-24(34-3)12-10-21)15-17-35-25-13-14-26-22(18-25)7-8-23(26)19-28(32)33/h9-14,18,23H,4-8,15-17,19H2,1-3H3,(H,32,33)/t23-/m0/s1. The average molecular weight is 477 g/mol. The molecule has 1 heterocycles. The molecule has 1 aromatic heterocycles. The molecule has 0 radical (unpaired) electrons. The summed E-state index contributed by atoms with van der Waals surface area (Å²) in [5.41, 5.74) is 5.73. The number of carbonyl (C=O) groups is 1. The predicted molar refractivity (Wildman–Crippen MR) is 137 cm³/mol. The third kappa shape index (κ3) is 5.87. The first-order valence-corrected chi connectivity index (χ1v) is 12.7. The number of carboxylic acids is 1. The SMILES string of the molecule is CCCCCn1c(-c2ccc(OC)cc2)nc(C)c1CCOc1ccc2c(c1)CC[C@H]2CC(=O)O. The van der Waals surface area contributed by atoms with Gasteiger partial charge in [-0.25, -0.2) is 4.98 Å². The Morgan fingerprint density at radius 2 is 1.91 bits per heavy atom. The van der Waals surface area contributed by atoms with E-state index in [1.54, 1.807) is 7.11 Å². The van der Waals surface area contributed by atoms with Crippen LogP contribution in [0.2, 0.25) is 0 Å². The minimum Gasteiger partial charge on any atom is -0.497 e. The molecule has 1 aliphatic carbocycles. The molecule has 6 heteroatoms. The topological polar surface area (TPSA) is 73.6 Å². The Hall–Kier alpha value is -3.28. The molecule has 1 N–H and O–H groups in total. The van der Waals surface area contributed by atoms with E-state index in [1.807, 2.05) is 24.3 Å². The molecule has 3 aromatic rings. The lowest BCUT2D eigenvalue weighted by molar-refractivity contribution is -0.137. The number of carboxylic acid groups (broad SMARTS) is 1. The van der Waals surface area contributed by atoms with Gasteiger partial charge in [0.25, 0.3) is 0 Å². The predicted octanol–water partition coefficient (Wildman–Crippen LogP) is 6.18. The van der Waals surface area contributed by atoms with Gasteiger partial charge in [0.2, 0.25) is 0 Å². The summed E-state index contributed by atoms with van der Waals surface area (Å²) in [7, 11) is 1.68. The Morgan fingerprint density at radius 3 is 2.63 bits per heavy atom. The highest BCUT2D eigenvalue weighted by Gasteiger charge is 2.25. The summed E-state index contributed by atoms with van der Waals surface area (Å²) in [5, 5.41) is 9.15. The van der Waals surface area contributed by atoms with Gasteiger partial charge in [-0.1, -0.05) is 25.8 Å². The third-order valence-corrected chi connectivity index (χ3v) is 6.95. The van der Waals surface area contributed by atoms with E-state index >= 15 is 0 Å². The molecule has 0 aliphatic heterocycles. The molecule has 0 fully saturated rings. The maximum atomic E-state index is 11.1. The first-order valence-electron chi connectivity index (χ1n) is 12.7. The maximum Gasteiger partial charge on any atom is 0.303 e. The normalized spacial score (nSPS) is 14.7. The van der Waals surface area contributed by atoms with Gasteiger partial charge in [0.15, 0.2) is 0 Å². The van der Waals surface area contributed by atoms with E-state index in [1.165, 1.54) is 24.1 Å². The molecule has 1 aliphatic rings. The average Bonchev–Trinajstić information content (AvgIpc) is 3.39. The summed E-state index contributed by atoms with van der Waals surface area (Å²) in [6, 6.07) is 14.2. The van der Waals surface area contributed by atoms with Crippen molar-refractivity contribution in [3.05, 3.63) is 65.0 Å². The van der Waals surface area contributed by atoms with E-state index in [0.29, 0.717) is 6.61 Å². The summed E-state index contributed by atoms with van der Waals surface area (Å²) in [5.74, 6) is 2.08. The van der Waals surface area contributed by atoms with Crippen molar-refractivity contribution in [1.29, 1.82) is 0 Å². The van der Waals surface area contributed by atoms with Crippen molar-refractivity contribution in [2.75, 3.05) is 13.7 Å². The van der Waals surface area contributed by atoms with Crippen LogP contribution in [0.3, 0.4) is 0 Å². The zero-order valence-corrected chi connectivity index (χ0v) is 21.0. The van der Waals surface area contributed by atoms with Crippen molar-refractivity contribution in [2.24, 2.45) is 0 Å². The van der Waals surface area contributed by atoms with E-state index < -0.39 is 5.97 Å². The Bertz CT molecular complexity index is 1150. The van der Waals surface area contributed by atoms with Crippen LogP contribution < -0.4 is 9.47 Å². The van der Waals surface area contributed by atoms with Gasteiger partial charge in [-0.15, -0.1) is 0 Å². The molecule has 4 rings (SSSR count). The lowest BCUT2D eigenvalue weighted by atomic mass is 9.98. The number of hydrogen-bond acceptors (Lipinski definition) is 4. The van der Waals surface area contributed by atoms with Gasteiger partial charge in [0, 0.05) is 24.2 Å². The van der Waals surface area contributed by atoms with Crippen LogP contribution in [-0.2, 0) is 24.2 Å². The molecule has 0 unspecified atom stereocenters. The second-order valence-corrected chi connectivity index (χ2v) is 9.35. The van der Waals surface area contributed by atoms with E-state index in [4.69, 9.17) is 19.6 Å². The molecule has 0 bridgehead atoms. The smallest absolute Gasteiger partial charge is 0.303 e. The van der Waals surface area contributed by atoms with Crippen molar-refractivity contribution in [3.8, 4) is 22.9 Å². The maximum absolute atomic E-state index is 11.1. The highest BCUT2D eigenvalue weighted by atomic mass is 16.5. The van der Waals surface area contributed by atoms with Gasteiger partial charge in [-0.3, -0.25) is 4.79 Å². The molecule has 0 amide bonds. The molecule has 0 spiro atoms. The van der Waals surface area contributed by atoms with Gasteiger partial charge >= 0.3 is 5.97 Å². The number of aliphatic carboxylic acids is 1. The Balaban J connectivity index is 1.47. The lowest BCUT2D eigenvalue weighted by Crippen LogP contribution is -2.10. The molecule has 6 nitrogen and oxygen atoms in total. The van der Waals surface area contributed by atoms with Gasteiger partial charge in [-0.05, 0) is 79.6 Å². The Morgan fingerprint density at radius 1 is 1.14 bits per heavy atom. The highest BCUT2D eigenvalue weighted by Crippen LogP contribution is 2.37. The van der Waals surface area contributed by atoms with E-state index in [2.05, 4.69) is 36.6 Å². The summed E-state index contributed by atoms with van der Waals surface area (Å²) >= 11 is 0. The van der Waals surface area contributed by atoms with E-state index in [-0.39, 0.29) is 12.3 Å². The fraction of sp³-hybridized carbons (Fsp3) is 0.448. The van der Waals surface area contributed by atoms with Crippen LogP contribution in [0.15, 0.2) is 42.5 Å². The number of nitrogens with zero attached hydrogens (tertiary/aromatic N) is 2. The first-order chi connectivity index (χ1) is 17.0. The highest BCUT2D eigenvalue weighted by molar-refractivity contribution is 5.68. The second-order valence-electron chi connectivity index (χ2n) is 9.35. The quantitative estimate of drug-likeness (QED) is 0.316. The zero-order valence-electron chi connectivity index (χ0n) is 21.0. The summed E-state index contributed by atoms with van der Waals surface area (Å²) in [4.78, 5) is 16.1.